The lowest BCUT2D eigenvalue weighted by atomic mass is 10.1. The van der Waals surface area contributed by atoms with Gasteiger partial charge < -0.3 is 5.11 Å². The minimum Gasteiger partial charge on any atom is -0.481 e. The molecular weight excluding hydrogens is 264 g/mol. The zero-order valence-electron chi connectivity index (χ0n) is 11.0. The fraction of sp³-hybridized carbons (Fsp3) is 0.500. The van der Waals surface area contributed by atoms with Gasteiger partial charge in [0.2, 0.25) is 0 Å². The summed E-state index contributed by atoms with van der Waals surface area (Å²) in [6.07, 6.45) is 0.907. The Bertz CT molecular complexity index is 574. The normalized spacial score (nSPS) is 26.1. The van der Waals surface area contributed by atoms with Crippen LogP contribution in [0.5, 0.6) is 0 Å². The number of aliphatic carboxylic acids is 1. The van der Waals surface area contributed by atoms with E-state index in [0.29, 0.717) is 0 Å². The van der Waals surface area contributed by atoms with Gasteiger partial charge in [-0.2, -0.15) is 0 Å². The van der Waals surface area contributed by atoms with E-state index in [9.17, 15) is 13.2 Å². The maximum atomic E-state index is 11.9. The van der Waals surface area contributed by atoms with Gasteiger partial charge in [0, 0.05) is 11.7 Å². The van der Waals surface area contributed by atoms with Crippen molar-refractivity contribution in [3.8, 4) is 0 Å². The number of hydrogen-bond acceptors (Lipinski definition) is 3. The molecule has 2 rings (SSSR count). The Labute approximate surface area is 113 Å². The van der Waals surface area contributed by atoms with Gasteiger partial charge in [0.1, 0.15) is 0 Å². The van der Waals surface area contributed by atoms with Crippen molar-refractivity contribution < 1.29 is 18.3 Å². The van der Waals surface area contributed by atoms with Crippen LogP contribution in [0.2, 0.25) is 0 Å². The molecule has 1 N–H and O–H groups in total. The highest BCUT2D eigenvalue weighted by atomic mass is 32.2. The van der Waals surface area contributed by atoms with E-state index in [2.05, 4.69) is 0 Å². The van der Waals surface area contributed by atoms with E-state index in [1.54, 1.807) is 6.92 Å². The summed E-state index contributed by atoms with van der Waals surface area (Å²) in [7, 11) is -3.31. The minimum absolute atomic E-state index is 0.00894. The van der Waals surface area contributed by atoms with Crippen LogP contribution in [0.4, 0.5) is 0 Å². The smallest absolute Gasteiger partial charge is 0.308 e. The predicted molar refractivity (Wildman–Crippen MR) is 72.9 cm³/mol. The number of carboxylic acid groups (broad SMARTS) is 1. The molecule has 1 fully saturated rings. The molecule has 4 nitrogen and oxygen atoms in total. The van der Waals surface area contributed by atoms with Gasteiger partial charge in [-0.3, -0.25) is 4.79 Å². The van der Waals surface area contributed by atoms with E-state index < -0.39 is 32.9 Å². The van der Waals surface area contributed by atoms with E-state index in [1.165, 1.54) is 0 Å². The molecule has 1 aromatic rings. The lowest BCUT2D eigenvalue weighted by molar-refractivity contribution is -0.138. The minimum atomic E-state index is -3.31. The summed E-state index contributed by atoms with van der Waals surface area (Å²) in [6, 6.07) is 7.57. The molecule has 0 bridgehead atoms. The van der Waals surface area contributed by atoms with Gasteiger partial charge >= 0.3 is 5.97 Å². The van der Waals surface area contributed by atoms with Crippen molar-refractivity contribution in [1.29, 1.82) is 0 Å². The summed E-state index contributed by atoms with van der Waals surface area (Å²) in [5, 5.41) is 8.39. The summed E-state index contributed by atoms with van der Waals surface area (Å²) in [6.45, 7) is 3.60. The molecule has 5 heteroatoms. The molecule has 0 radical (unpaired) electrons. The Morgan fingerprint density at radius 3 is 2.21 bits per heavy atom. The molecule has 0 heterocycles. The summed E-state index contributed by atoms with van der Waals surface area (Å²) in [5.74, 6) is -2.22. The first kappa shape index (κ1) is 14.1. The highest BCUT2D eigenvalue weighted by molar-refractivity contribution is 7.92. The van der Waals surface area contributed by atoms with Crippen LogP contribution >= 0.6 is 0 Å². The SMILES string of the molecule is CCc1ccc([C@H]2[C@H](C(=O)O)[C@@H]2S(=O)(=O)CC)cc1. The van der Waals surface area contributed by atoms with Crippen molar-refractivity contribution >= 4 is 15.8 Å². The molecule has 1 aliphatic rings. The second kappa shape index (κ2) is 4.96. The molecule has 0 amide bonds. The summed E-state index contributed by atoms with van der Waals surface area (Å²) in [4.78, 5) is 11.2. The molecule has 3 atom stereocenters. The van der Waals surface area contributed by atoms with Crippen LogP contribution in [0.25, 0.3) is 0 Å². The van der Waals surface area contributed by atoms with Crippen molar-refractivity contribution in [2.45, 2.75) is 31.4 Å². The zero-order valence-corrected chi connectivity index (χ0v) is 11.9. The molecule has 1 aromatic carbocycles. The second-order valence-corrected chi connectivity index (χ2v) is 7.35. The molecule has 104 valence electrons. The number of sulfone groups is 1. The van der Waals surface area contributed by atoms with Gasteiger partial charge in [0.25, 0.3) is 0 Å². The first-order valence-electron chi connectivity index (χ1n) is 6.45. The van der Waals surface area contributed by atoms with E-state index in [0.717, 1.165) is 17.5 Å². The highest BCUT2D eigenvalue weighted by Gasteiger charge is 2.62. The Kier molecular flexibility index (Phi) is 3.67. The van der Waals surface area contributed by atoms with E-state index >= 15 is 0 Å². The topological polar surface area (TPSA) is 71.4 Å². The average Bonchev–Trinajstić information content (AvgIpc) is 3.15. The second-order valence-electron chi connectivity index (χ2n) is 4.90. The van der Waals surface area contributed by atoms with Crippen molar-refractivity contribution in [3.05, 3.63) is 35.4 Å². The lowest BCUT2D eigenvalue weighted by Gasteiger charge is -2.02. The van der Waals surface area contributed by atoms with Crippen LogP contribution in [-0.4, -0.2) is 30.5 Å². The predicted octanol–water partition coefficient (Wildman–Crippen LogP) is 1.85. The van der Waals surface area contributed by atoms with Gasteiger partial charge in [0.15, 0.2) is 9.84 Å². The van der Waals surface area contributed by atoms with Crippen LogP contribution in [-0.2, 0) is 21.1 Å². The molecule has 0 aliphatic heterocycles. The third kappa shape index (κ3) is 2.52. The van der Waals surface area contributed by atoms with Gasteiger partial charge in [-0.25, -0.2) is 8.42 Å². The fourth-order valence-electron chi connectivity index (χ4n) is 2.59. The van der Waals surface area contributed by atoms with Gasteiger partial charge in [-0.15, -0.1) is 0 Å². The van der Waals surface area contributed by atoms with Crippen molar-refractivity contribution in [1.82, 2.24) is 0 Å². The number of carbonyl (C=O) groups is 1. The van der Waals surface area contributed by atoms with E-state index in [1.807, 2.05) is 31.2 Å². The molecule has 19 heavy (non-hydrogen) atoms. The number of hydrogen-bond donors (Lipinski definition) is 1. The molecule has 0 aromatic heterocycles. The monoisotopic (exact) mass is 282 g/mol. The Morgan fingerprint density at radius 1 is 1.21 bits per heavy atom. The number of aryl methyl sites for hydroxylation is 1. The standard InChI is InChI=1S/C14H18O4S/c1-3-9-5-7-10(8-6-9)11-12(14(15)16)13(11)19(17,18)4-2/h5-8,11-13H,3-4H2,1-2H3,(H,15,16)/t11-,12-,13+/m0/s1. The molecule has 0 spiro atoms. The summed E-state index contributed by atoms with van der Waals surface area (Å²) in [5.41, 5.74) is 1.97. The van der Waals surface area contributed by atoms with Crippen LogP contribution in [0.1, 0.15) is 30.9 Å². The Balaban J connectivity index is 2.30. The third-order valence-corrected chi connectivity index (χ3v) is 6.05. The van der Waals surface area contributed by atoms with Gasteiger partial charge in [-0.05, 0) is 17.5 Å². The van der Waals surface area contributed by atoms with Crippen LogP contribution in [0.15, 0.2) is 24.3 Å². The Hall–Kier alpha value is -1.36. The summed E-state index contributed by atoms with van der Waals surface area (Å²) < 4.78 is 23.8. The molecular formula is C14H18O4S. The fourth-order valence-corrected chi connectivity index (χ4v) is 4.39. The molecule has 1 saturated carbocycles. The number of benzene rings is 1. The zero-order chi connectivity index (χ0) is 14.2. The average molecular weight is 282 g/mol. The van der Waals surface area contributed by atoms with Crippen molar-refractivity contribution in [3.63, 3.8) is 0 Å². The Morgan fingerprint density at radius 2 is 1.79 bits per heavy atom. The largest absolute Gasteiger partial charge is 0.481 e. The molecule has 1 aliphatic carbocycles. The molecule has 0 unspecified atom stereocenters. The van der Waals surface area contributed by atoms with E-state index in [-0.39, 0.29) is 5.75 Å². The van der Waals surface area contributed by atoms with Crippen LogP contribution in [0.3, 0.4) is 0 Å². The first-order valence-corrected chi connectivity index (χ1v) is 8.17. The van der Waals surface area contributed by atoms with Crippen LogP contribution < -0.4 is 0 Å². The van der Waals surface area contributed by atoms with Crippen molar-refractivity contribution in [2.75, 3.05) is 5.75 Å². The van der Waals surface area contributed by atoms with Gasteiger partial charge in [-0.1, -0.05) is 38.1 Å². The molecule has 0 saturated heterocycles. The number of rotatable bonds is 5. The maximum absolute atomic E-state index is 11.9. The van der Waals surface area contributed by atoms with Crippen molar-refractivity contribution in [2.24, 2.45) is 5.92 Å². The van der Waals surface area contributed by atoms with E-state index in [4.69, 9.17) is 5.11 Å². The summed E-state index contributed by atoms with van der Waals surface area (Å²) >= 11 is 0. The number of carboxylic acids is 1. The third-order valence-electron chi connectivity index (χ3n) is 3.83. The van der Waals surface area contributed by atoms with Gasteiger partial charge in [0.05, 0.1) is 11.2 Å². The van der Waals surface area contributed by atoms with Crippen LogP contribution in [0, 0.1) is 5.92 Å². The maximum Gasteiger partial charge on any atom is 0.308 e. The lowest BCUT2D eigenvalue weighted by Crippen LogP contribution is -2.14. The first-order chi connectivity index (χ1) is 8.92. The quantitative estimate of drug-likeness (QED) is 0.894. The highest BCUT2D eigenvalue weighted by Crippen LogP contribution is 2.52.